The van der Waals surface area contributed by atoms with E-state index in [9.17, 15) is 9.36 Å². The lowest BCUT2D eigenvalue weighted by atomic mass is 10.3. The van der Waals surface area contributed by atoms with Crippen LogP contribution in [0.2, 0.25) is 0 Å². The Kier molecular flexibility index (Phi) is 9.25. The van der Waals surface area contributed by atoms with Crippen molar-refractivity contribution in [2.45, 2.75) is 64.6 Å². The van der Waals surface area contributed by atoms with Gasteiger partial charge in [0, 0.05) is 0 Å². The third-order valence-electron chi connectivity index (χ3n) is 3.39. The fraction of sp³-hybridized carbons (Fsp3) is 0.933. The van der Waals surface area contributed by atoms with Crippen LogP contribution in [0.25, 0.3) is 0 Å². The van der Waals surface area contributed by atoms with Crippen LogP contribution >= 0.6 is 7.60 Å². The zero-order valence-corrected chi connectivity index (χ0v) is 14.8. The minimum Gasteiger partial charge on any atom is -0.462 e. The summed E-state index contributed by atoms with van der Waals surface area (Å²) in [5.41, 5.74) is -0.861. The molecule has 0 saturated carbocycles. The Morgan fingerprint density at radius 2 is 1.73 bits per heavy atom. The van der Waals surface area contributed by atoms with Crippen molar-refractivity contribution in [3.8, 4) is 0 Å². The number of esters is 1. The van der Waals surface area contributed by atoms with Crippen LogP contribution in [0.1, 0.15) is 52.9 Å². The SMILES string of the molecule is CCCCOP(=O)(OCCCC)C(CC)C(=O)OCC1CO1. The van der Waals surface area contributed by atoms with Gasteiger partial charge in [0.1, 0.15) is 12.7 Å². The van der Waals surface area contributed by atoms with E-state index in [2.05, 4.69) is 0 Å². The van der Waals surface area contributed by atoms with Crippen molar-refractivity contribution >= 4 is 13.6 Å². The van der Waals surface area contributed by atoms with E-state index < -0.39 is 19.2 Å². The average Bonchev–Trinajstić information content (AvgIpc) is 3.30. The second kappa shape index (κ2) is 10.4. The van der Waals surface area contributed by atoms with Crippen molar-refractivity contribution in [3.63, 3.8) is 0 Å². The summed E-state index contributed by atoms with van der Waals surface area (Å²) >= 11 is 0. The van der Waals surface area contributed by atoms with Gasteiger partial charge < -0.3 is 18.5 Å². The van der Waals surface area contributed by atoms with Crippen molar-refractivity contribution in [2.24, 2.45) is 0 Å². The molecular formula is C15H29O6P. The van der Waals surface area contributed by atoms with Crippen molar-refractivity contribution in [3.05, 3.63) is 0 Å². The molecule has 130 valence electrons. The first kappa shape index (κ1) is 19.6. The van der Waals surface area contributed by atoms with E-state index in [1.807, 2.05) is 13.8 Å². The molecule has 0 N–H and O–H groups in total. The highest BCUT2D eigenvalue weighted by Gasteiger charge is 2.42. The van der Waals surface area contributed by atoms with Crippen molar-refractivity contribution in [1.82, 2.24) is 0 Å². The molecule has 0 aromatic carbocycles. The molecule has 0 radical (unpaired) electrons. The van der Waals surface area contributed by atoms with E-state index in [1.165, 1.54) is 0 Å². The Labute approximate surface area is 133 Å². The Balaban J connectivity index is 2.64. The highest BCUT2D eigenvalue weighted by molar-refractivity contribution is 7.55. The third kappa shape index (κ3) is 6.78. The molecule has 22 heavy (non-hydrogen) atoms. The molecule has 7 heteroatoms. The van der Waals surface area contributed by atoms with Crippen LogP contribution in [0.15, 0.2) is 0 Å². The number of hydrogen-bond acceptors (Lipinski definition) is 6. The molecule has 1 aliphatic heterocycles. The molecule has 2 atom stereocenters. The summed E-state index contributed by atoms with van der Waals surface area (Å²) in [4.78, 5) is 12.2. The van der Waals surface area contributed by atoms with Crippen molar-refractivity contribution in [1.29, 1.82) is 0 Å². The van der Waals surface area contributed by atoms with Crippen LogP contribution in [-0.2, 0) is 27.9 Å². The van der Waals surface area contributed by atoms with Gasteiger partial charge in [0.05, 0.1) is 19.8 Å². The second-order valence-electron chi connectivity index (χ2n) is 5.42. The number of unbranched alkanes of at least 4 members (excludes halogenated alkanes) is 2. The molecule has 1 aliphatic rings. The monoisotopic (exact) mass is 336 g/mol. The summed E-state index contributed by atoms with van der Waals surface area (Å²) in [5.74, 6) is -0.519. The van der Waals surface area contributed by atoms with Crippen LogP contribution in [0.3, 0.4) is 0 Å². The molecule has 0 aromatic heterocycles. The fourth-order valence-electron chi connectivity index (χ4n) is 1.84. The summed E-state index contributed by atoms with van der Waals surface area (Å²) in [5, 5.41) is 0. The number of carbonyl (C=O) groups excluding carboxylic acids is 1. The number of hydrogen-bond donors (Lipinski definition) is 0. The van der Waals surface area contributed by atoms with E-state index >= 15 is 0 Å². The van der Waals surface area contributed by atoms with Gasteiger partial charge in [0.25, 0.3) is 0 Å². The number of ether oxygens (including phenoxy) is 2. The molecule has 2 unspecified atom stereocenters. The maximum atomic E-state index is 13.0. The lowest BCUT2D eigenvalue weighted by molar-refractivity contribution is -0.144. The molecule has 6 nitrogen and oxygen atoms in total. The number of epoxide rings is 1. The van der Waals surface area contributed by atoms with Gasteiger partial charge in [-0.25, -0.2) is 0 Å². The fourth-order valence-corrected chi connectivity index (χ4v) is 3.83. The van der Waals surface area contributed by atoms with Crippen molar-refractivity contribution in [2.75, 3.05) is 26.4 Å². The third-order valence-corrected chi connectivity index (χ3v) is 5.82. The van der Waals surface area contributed by atoms with E-state index in [0.29, 0.717) is 26.2 Å². The van der Waals surface area contributed by atoms with E-state index in [4.69, 9.17) is 18.5 Å². The van der Waals surface area contributed by atoms with E-state index in [-0.39, 0.29) is 12.7 Å². The smallest absolute Gasteiger partial charge is 0.344 e. The van der Waals surface area contributed by atoms with E-state index in [0.717, 1.165) is 25.7 Å². The summed E-state index contributed by atoms with van der Waals surface area (Å²) in [7, 11) is -3.50. The standard InChI is InChI=1S/C15H29O6P/c1-4-7-9-20-22(17,21-10-8-5-2)14(6-3)15(16)19-12-13-11-18-13/h13-14H,4-12H2,1-3H3. The predicted molar refractivity (Wildman–Crippen MR) is 84.1 cm³/mol. The van der Waals surface area contributed by atoms with Gasteiger partial charge >= 0.3 is 13.6 Å². The first-order valence-corrected chi connectivity index (χ1v) is 9.85. The van der Waals surface area contributed by atoms with Crippen LogP contribution in [0.5, 0.6) is 0 Å². The topological polar surface area (TPSA) is 74.4 Å². The molecule has 0 bridgehead atoms. The second-order valence-corrected chi connectivity index (χ2v) is 7.64. The van der Waals surface area contributed by atoms with Gasteiger partial charge in [-0.15, -0.1) is 0 Å². The maximum absolute atomic E-state index is 13.0. The van der Waals surface area contributed by atoms with E-state index in [1.54, 1.807) is 6.92 Å². The first-order chi connectivity index (χ1) is 10.6. The minimum absolute atomic E-state index is 0.0112. The van der Waals surface area contributed by atoms with Gasteiger partial charge in [0.2, 0.25) is 0 Å². The van der Waals surface area contributed by atoms with Gasteiger partial charge in [-0.05, 0) is 19.3 Å². The van der Waals surface area contributed by atoms with Crippen LogP contribution < -0.4 is 0 Å². The molecule has 1 saturated heterocycles. The zero-order chi connectivity index (χ0) is 16.4. The van der Waals surface area contributed by atoms with Gasteiger partial charge in [0.15, 0.2) is 5.66 Å². The number of rotatable bonds is 13. The normalized spacial score (nSPS) is 19.0. The maximum Gasteiger partial charge on any atom is 0.344 e. The lowest BCUT2D eigenvalue weighted by Crippen LogP contribution is -2.27. The Bertz CT molecular complexity index is 355. The molecule has 0 amide bonds. The highest BCUT2D eigenvalue weighted by atomic mass is 31.2. The van der Waals surface area contributed by atoms with Crippen molar-refractivity contribution < 1.29 is 27.9 Å². The molecule has 1 fully saturated rings. The van der Waals surface area contributed by atoms with Gasteiger partial charge in [-0.2, -0.15) is 0 Å². The molecule has 0 aliphatic carbocycles. The Morgan fingerprint density at radius 3 is 2.14 bits per heavy atom. The minimum atomic E-state index is -3.50. The summed E-state index contributed by atoms with van der Waals surface area (Å²) in [6.45, 7) is 7.31. The summed E-state index contributed by atoms with van der Waals surface area (Å²) < 4.78 is 34.2. The molecule has 0 spiro atoms. The van der Waals surface area contributed by atoms with Gasteiger partial charge in [-0.3, -0.25) is 9.36 Å². The lowest BCUT2D eigenvalue weighted by Gasteiger charge is -2.25. The average molecular weight is 336 g/mol. The van der Waals surface area contributed by atoms with Crippen LogP contribution in [0, 0.1) is 0 Å². The first-order valence-electron chi connectivity index (χ1n) is 8.24. The zero-order valence-electron chi connectivity index (χ0n) is 13.9. The predicted octanol–water partition coefficient (Wildman–Crippen LogP) is 3.53. The Hall–Kier alpha value is -0.420. The number of carbonyl (C=O) groups is 1. The van der Waals surface area contributed by atoms with Gasteiger partial charge in [-0.1, -0.05) is 33.6 Å². The summed E-state index contributed by atoms with van der Waals surface area (Å²) in [6, 6.07) is 0. The molecular weight excluding hydrogens is 307 g/mol. The highest BCUT2D eigenvalue weighted by Crippen LogP contribution is 2.55. The van der Waals surface area contributed by atoms with Crippen LogP contribution in [-0.4, -0.2) is 44.2 Å². The largest absolute Gasteiger partial charge is 0.462 e. The summed E-state index contributed by atoms with van der Waals surface area (Å²) in [6.07, 6.45) is 3.76. The Morgan fingerprint density at radius 1 is 1.18 bits per heavy atom. The quantitative estimate of drug-likeness (QED) is 0.222. The molecule has 1 rings (SSSR count). The molecule has 1 heterocycles. The van der Waals surface area contributed by atoms with Crippen LogP contribution in [0.4, 0.5) is 0 Å². The molecule has 0 aromatic rings.